The molecule has 0 unspecified atom stereocenters. The second-order valence-corrected chi connectivity index (χ2v) is 4.84. The number of carbonyl (C=O) groups is 2. The Bertz CT molecular complexity index is 468. The van der Waals surface area contributed by atoms with Gasteiger partial charge < -0.3 is 10.0 Å². The first kappa shape index (κ1) is 13.5. The number of amides is 1. The lowest BCUT2D eigenvalue weighted by Crippen LogP contribution is -2.41. The molecule has 1 aromatic carbocycles. The van der Waals surface area contributed by atoms with Crippen LogP contribution >= 0.6 is 0 Å². The molecule has 0 heterocycles. The third kappa shape index (κ3) is 3.53. The molecule has 0 bridgehead atoms. The molecule has 0 atom stereocenters. The molecule has 4 nitrogen and oxygen atoms in total. The van der Waals surface area contributed by atoms with E-state index in [4.69, 9.17) is 5.11 Å². The maximum Gasteiger partial charge on any atom is 0.323 e. The third-order valence-corrected chi connectivity index (χ3v) is 3.38. The summed E-state index contributed by atoms with van der Waals surface area (Å²) >= 11 is 0. The van der Waals surface area contributed by atoms with Gasteiger partial charge in [0.1, 0.15) is 12.4 Å². The van der Waals surface area contributed by atoms with Crippen molar-refractivity contribution in [1.82, 2.24) is 4.90 Å². The van der Waals surface area contributed by atoms with E-state index in [0.29, 0.717) is 0 Å². The molecule has 102 valence electrons. The Morgan fingerprint density at radius 2 is 1.89 bits per heavy atom. The summed E-state index contributed by atoms with van der Waals surface area (Å²) < 4.78 is 12.8. The minimum atomic E-state index is -1.03. The van der Waals surface area contributed by atoms with Crippen LogP contribution in [0.1, 0.15) is 24.8 Å². The first-order valence-corrected chi connectivity index (χ1v) is 6.31. The molecule has 0 spiro atoms. The fraction of sp³-hybridized carbons (Fsp3) is 0.429. The lowest BCUT2D eigenvalue weighted by Gasteiger charge is -2.30. The highest BCUT2D eigenvalue weighted by Crippen LogP contribution is 2.28. The van der Waals surface area contributed by atoms with Crippen molar-refractivity contribution in [2.45, 2.75) is 25.8 Å². The van der Waals surface area contributed by atoms with Crippen LogP contribution in [0.2, 0.25) is 0 Å². The van der Waals surface area contributed by atoms with E-state index in [1.165, 1.54) is 17.0 Å². The molecule has 2 rings (SSSR count). The van der Waals surface area contributed by atoms with Gasteiger partial charge >= 0.3 is 5.97 Å². The van der Waals surface area contributed by atoms with Crippen LogP contribution in [0.5, 0.6) is 0 Å². The Morgan fingerprint density at radius 3 is 2.37 bits per heavy atom. The van der Waals surface area contributed by atoms with Crippen molar-refractivity contribution < 1.29 is 19.1 Å². The van der Waals surface area contributed by atoms with Crippen molar-refractivity contribution in [3.63, 3.8) is 0 Å². The topological polar surface area (TPSA) is 57.6 Å². The fourth-order valence-electron chi connectivity index (χ4n) is 2.10. The number of hydrogen-bond donors (Lipinski definition) is 1. The largest absolute Gasteiger partial charge is 0.480 e. The second-order valence-electron chi connectivity index (χ2n) is 4.84. The van der Waals surface area contributed by atoms with Crippen LogP contribution in [0.15, 0.2) is 24.3 Å². The molecular formula is C14H16FNO3. The van der Waals surface area contributed by atoms with Gasteiger partial charge in [-0.3, -0.25) is 9.59 Å². The third-order valence-electron chi connectivity index (χ3n) is 3.38. The van der Waals surface area contributed by atoms with Gasteiger partial charge in [0.25, 0.3) is 0 Å². The summed E-state index contributed by atoms with van der Waals surface area (Å²) in [6.45, 7) is -0.103. The maximum absolute atomic E-state index is 12.8. The summed E-state index contributed by atoms with van der Waals surface area (Å²) in [6, 6.07) is 5.75. The zero-order valence-corrected chi connectivity index (χ0v) is 10.5. The summed E-state index contributed by atoms with van der Waals surface area (Å²) in [5.41, 5.74) is 0.732. The van der Waals surface area contributed by atoms with Gasteiger partial charge in [-0.2, -0.15) is 0 Å². The molecule has 1 aliphatic rings. The quantitative estimate of drug-likeness (QED) is 0.886. The number of benzene rings is 1. The van der Waals surface area contributed by atoms with Crippen molar-refractivity contribution in [1.29, 1.82) is 0 Å². The molecule has 1 aromatic rings. The summed E-state index contributed by atoms with van der Waals surface area (Å²) in [5.74, 6) is -1.54. The van der Waals surface area contributed by atoms with Crippen LogP contribution in [0.4, 0.5) is 4.39 Å². The number of carboxylic acid groups (broad SMARTS) is 1. The number of carboxylic acids is 1. The Kier molecular flexibility index (Phi) is 4.14. The minimum Gasteiger partial charge on any atom is -0.480 e. The fourth-order valence-corrected chi connectivity index (χ4v) is 2.10. The Labute approximate surface area is 110 Å². The van der Waals surface area contributed by atoms with E-state index < -0.39 is 5.97 Å². The standard InChI is InChI=1S/C14H16FNO3/c15-12-6-4-10(5-7-12)8-16(9-13(17)18)14(19)11-2-1-3-11/h4-7,11H,1-3,8-9H2,(H,17,18). The van der Waals surface area contributed by atoms with Crippen molar-refractivity contribution in [3.8, 4) is 0 Å². The summed E-state index contributed by atoms with van der Waals surface area (Å²) in [6.07, 6.45) is 2.69. The molecule has 1 fully saturated rings. The SMILES string of the molecule is O=C(O)CN(Cc1ccc(F)cc1)C(=O)C1CCC1. The lowest BCUT2D eigenvalue weighted by atomic mass is 9.84. The molecule has 5 heteroatoms. The average Bonchev–Trinajstić information content (AvgIpc) is 2.28. The molecule has 0 saturated heterocycles. The maximum atomic E-state index is 12.8. The number of aliphatic carboxylic acids is 1. The lowest BCUT2D eigenvalue weighted by molar-refractivity contribution is -0.148. The Morgan fingerprint density at radius 1 is 1.26 bits per heavy atom. The van der Waals surface area contributed by atoms with Gasteiger partial charge in [-0.25, -0.2) is 4.39 Å². The number of nitrogens with zero attached hydrogens (tertiary/aromatic N) is 1. The van der Waals surface area contributed by atoms with E-state index in [1.807, 2.05) is 0 Å². The molecule has 0 aliphatic heterocycles. The van der Waals surface area contributed by atoms with Crippen molar-refractivity contribution >= 4 is 11.9 Å². The number of hydrogen-bond acceptors (Lipinski definition) is 2. The van der Waals surface area contributed by atoms with Crippen molar-refractivity contribution in [2.24, 2.45) is 5.92 Å². The molecule has 1 N–H and O–H groups in total. The van der Waals surface area contributed by atoms with Gasteiger partial charge in [0.15, 0.2) is 0 Å². The van der Waals surface area contributed by atoms with Gasteiger partial charge in [0.05, 0.1) is 0 Å². The summed E-state index contributed by atoms with van der Waals surface area (Å²) in [7, 11) is 0. The van der Waals surface area contributed by atoms with Gasteiger partial charge in [-0.15, -0.1) is 0 Å². The average molecular weight is 265 g/mol. The molecule has 0 aromatic heterocycles. The van der Waals surface area contributed by atoms with E-state index in [-0.39, 0.29) is 30.7 Å². The van der Waals surface area contributed by atoms with Gasteiger partial charge in [0, 0.05) is 12.5 Å². The minimum absolute atomic E-state index is 0.0419. The van der Waals surface area contributed by atoms with Crippen LogP contribution in [0, 0.1) is 11.7 Å². The Balaban J connectivity index is 2.06. The van der Waals surface area contributed by atoms with Crippen LogP contribution in [0.3, 0.4) is 0 Å². The van der Waals surface area contributed by atoms with Crippen LogP contribution in [0.25, 0.3) is 0 Å². The smallest absolute Gasteiger partial charge is 0.323 e. The van der Waals surface area contributed by atoms with E-state index in [9.17, 15) is 14.0 Å². The number of rotatable bonds is 5. The van der Waals surface area contributed by atoms with Crippen LogP contribution < -0.4 is 0 Å². The Hall–Kier alpha value is -1.91. The second kappa shape index (κ2) is 5.82. The predicted molar refractivity (Wildman–Crippen MR) is 66.8 cm³/mol. The first-order chi connectivity index (χ1) is 9.06. The molecule has 0 radical (unpaired) electrons. The highest BCUT2D eigenvalue weighted by molar-refractivity contribution is 5.83. The molecule has 19 heavy (non-hydrogen) atoms. The first-order valence-electron chi connectivity index (χ1n) is 6.31. The normalized spacial score (nSPS) is 14.8. The highest BCUT2D eigenvalue weighted by Gasteiger charge is 2.30. The van der Waals surface area contributed by atoms with E-state index in [2.05, 4.69) is 0 Å². The van der Waals surface area contributed by atoms with Crippen molar-refractivity contribution in [3.05, 3.63) is 35.6 Å². The van der Waals surface area contributed by atoms with Gasteiger partial charge in [0.2, 0.25) is 5.91 Å². The van der Waals surface area contributed by atoms with E-state index in [1.54, 1.807) is 12.1 Å². The molecular weight excluding hydrogens is 249 g/mol. The number of halogens is 1. The van der Waals surface area contributed by atoms with Crippen LogP contribution in [-0.2, 0) is 16.1 Å². The predicted octanol–water partition coefficient (Wildman–Crippen LogP) is 2.04. The van der Waals surface area contributed by atoms with Gasteiger partial charge in [-0.1, -0.05) is 18.6 Å². The molecule has 1 amide bonds. The van der Waals surface area contributed by atoms with E-state index in [0.717, 1.165) is 24.8 Å². The molecule has 1 saturated carbocycles. The van der Waals surface area contributed by atoms with Crippen molar-refractivity contribution in [2.75, 3.05) is 6.54 Å². The van der Waals surface area contributed by atoms with Crippen LogP contribution in [-0.4, -0.2) is 28.4 Å². The van der Waals surface area contributed by atoms with Gasteiger partial charge in [-0.05, 0) is 30.5 Å². The monoisotopic (exact) mass is 265 g/mol. The van der Waals surface area contributed by atoms with E-state index >= 15 is 0 Å². The summed E-state index contributed by atoms with van der Waals surface area (Å²) in [4.78, 5) is 24.3. The zero-order chi connectivity index (χ0) is 13.8. The summed E-state index contributed by atoms with van der Waals surface area (Å²) in [5, 5.41) is 8.87. The molecule has 1 aliphatic carbocycles. The number of carbonyl (C=O) groups excluding carboxylic acids is 1. The highest BCUT2D eigenvalue weighted by atomic mass is 19.1. The zero-order valence-electron chi connectivity index (χ0n) is 10.5.